The Morgan fingerprint density at radius 3 is 3.14 bits per heavy atom. The lowest BCUT2D eigenvalue weighted by atomic mass is 10.5. The molecule has 0 unspecified atom stereocenters. The van der Waals surface area contributed by atoms with Gasteiger partial charge in [-0.3, -0.25) is 4.79 Å². The number of rotatable bonds is 4. The van der Waals surface area contributed by atoms with E-state index in [1.807, 2.05) is 12.1 Å². The van der Waals surface area contributed by atoms with Gasteiger partial charge < -0.3 is 4.74 Å². The fourth-order valence-electron chi connectivity index (χ4n) is 0.811. The molecule has 76 valence electrons. The number of esters is 1. The van der Waals surface area contributed by atoms with Gasteiger partial charge in [0.25, 0.3) is 0 Å². The molecule has 1 aromatic rings. The van der Waals surface area contributed by atoms with E-state index in [1.165, 1.54) is 18.9 Å². The van der Waals surface area contributed by atoms with E-state index >= 15 is 0 Å². The van der Waals surface area contributed by atoms with Gasteiger partial charge >= 0.3 is 5.97 Å². The zero-order chi connectivity index (χ0) is 10.4. The predicted molar refractivity (Wildman–Crippen MR) is 59.3 cm³/mol. The Hall–Kier alpha value is -0.550. The quantitative estimate of drug-likeness (QED) is 0.625. The Kier molecular flexibility index (Phi) is 4.97. The molecule has 0 saturated heterocycles. The van der Waals surface area contributed by atoms with E-state index in [0.717, 1.165) is 9.50 Å². The predicted octanol–water partition coefficient (Wildman–Crippen LogP) is 2.50. The third-order valence-corrected chi connectivity index (χ3v) is 3.41. The lowest BCUT2D eigenvalue weighted by Crippen LogP contribution is -2.01. The highest BCUT2D eigenvalue weighted by Gasteiger charge is 2.03. The molecule has 1 aromatic heterocycles. The van der Waals surface area contributed by atoms with Crippen molar-refractivity contribution in [3.05, 3.63) is 22.8 Å². The van der Waals surface area contributed by atoms with Gasteiger partial charge in [-0.25, -0.2) is 4.98 Å². The van der Waals surface area contributed by atoms with E-state index < -0.39 is 0 Å². The first kappa shape index (κ1) is 11.5. The highest BCUT2D eigenvalue weighted by molar-refractivity contribution is 9.10. The van der Waals surface area contributed by atoms with Crippen LogP contribution < -0.4 is 0 Å². The lowest BCUT2D eigenvalue weighted by molar-refractivity contribution is -0.140. The van der Waals surface area contributed by atoms with Crippen LogP contribution in [0.1, 0.15) is 6.42 Å². The van der Waals surface area contributed by atoms with E-state index in [2.05, 4.69) is 25.7 Å². The molecule has 0 atom stereocenters. The Morgan fingerprint density at radius 1 is 1.71 bits per heavy atom. The summed E-state index contributed by atoms with van der Waals surface area (Å²) in [6.45, 7) is 0. The molecule has 0 aliphatic heterocycles. The van der Waals surface area contributed by atoms with Crippen LogP contribution in [-0.4, -0.2) is 23.8 Å². The first-order valence-electron chi connectivity index (χ1n) is 4.04. The van der Waals surface area contributed by atoms with Gasteiger partial charge in [-0.1, -0.05) is 0 Å². The van der Waals surface area contributed by atoms with Crippen molar-refractivity contribution in [1.82, 2.24) is 4.98 Å². The van der Waals surface area contributed by atoms with Crippen molar-refractivity contribution in [2.75, 3.05) is 12.9 Å². The van der Waals surface area contributed by atoms with Gasteiger partial charge in [0.2, 0.25) is 0 Å². The second kappa shape index (κ2) is 6.03. The second-order valence-electron chi connectivity index (χ2n) is 2.46. The molecule has 0 amide bonds. The number of carbonyl (C=O) groups excluding carboxylic acids is 1. The Morgan fingerprint density at radius 2 is 2.50 bits per heavy atom. The summed E-state index contributed by atoms with van der Waals surface area (Å²) in [7, 11) is 1.39. The van der Waals surface area contributed by atoms with Crippen LogP contribution in [-0.2, 0) is 9.53 Å². The third-order valence-electron chi connectivity index (χ3n) is 1.50. The van der Waals surface area contributed by atoms with Gasteiger partial charge in [0.15, 0.2) is 0 Å². The third kappa shape index (κ3) is 3.67. The summed E-state index contributed by atoms with van der Waals surface area (Å²) in [5.74, 6) is 0.493. The average Bonchev–Trinajstić information content (AvgIpc) is 2.20. The molecular weight excluding hydrogens is 266 g/mol. The maximum absolute atomic E-state index is 10.8. The number of ether oxygens (including phenoxy) is 1. The van der Waals surface area contributed by atoms with Gasteiger partial charge in [-0.2, -0.15) is 0 Å². The lowest BCUT2D eigenvalue weighted by Gasteiger charge is -2.01. The monoisotopic (exact) mass is 275 g/mol. The summed E-state index contributed by atoms with van der Waals surface area (Å²) < 4.78 is 5.49. The molecule has 5 heteroatoms. The van der Waals surface area contributed by atoms with E-state index in [0.29, 0.717) is 12.2 Å². The van der Waals surface area contributed by atoms with E-state index in [4.69, 9.17) is 0 Å². The number of halogens is 1. The number of methoxy groups -OCH3 is 1. The maximum Gasteiger partial charge on any atom is 0.306 e. The molecule has 0 radical (unpaired) electrons. The molecule has 14 heavy (non-hydrogen) atoms. The van der Waals surface area contributed by atoms with Crippen molar-refractivity contribution in [3.8, 4) is 0 Å². The molecule has 0 saturated carbocycles. The van der Waals surface area contributed by atoms with E-state index in [-0.39, 0.29) is 5.97 Å². The summed E-state index contributed by atoms with van der Waals surface area (Å²) in [6, 6.07) is 3.78. The largest absolute Gasteiger partial charge is 0.469 e. The minimum atomic E-state index is -0.190. The fourth-order valence-corrected chi connectivity index (χ4v) is 2.21. The Balaban J connectivity index is 2.39. The zero-order valence-corrected chi connectivity index (χ0v) is 10.1. The molecule has 1 heterocycles. The topological polar surface area (TPSA) is 39.2 Å². The maximum atomic E-state index is 10.8. The average molecular weight is 276 g/mol. The van der Waals surface area contributed by atoms with Crippen LogP contribution >= 0.6 is 27.7 Å². The van der Waals surface area contributed by atoms with Gasteiger partial charge in [0.1, 0.15) is 5.03 Å². The van der Waals surface area contributed by atoms with E-state index in [9.17, 15) is 4.79 Å². The molecule has 0 fully saturated rings. The number of aromatic nitrogens is 1. The molecular formula is C9H10BrNO2S. The summed E-state index contributed by atoms with van der Waals surface area (Å²) in [4.78, 5) is 15.0. The Labute approximate surface area is 95.4 Å². The van der Waals surface area contributed by atoms with Crippen molar-refractivity contribution in [3.63, 3.8) is 0 Å². The van der Waals surface area contributed by atoms with Gasteiger partial charge in [-0.15, -0.1) is 11.8 Å². The summed E-state index contributed by atoms with van der Waals surface area (Å²) >= 11 is 4.91. The molecule has 0 spiro atoms. The molecule has 0 aliphatic rings. The van der Waals surface area contributed by atoms with Crippen LogP contribution in [0.15, 0.2) is 27.8 Å². The molecule has 0 N–H and O–H groups in total. The van der Waals surface area contributed by atoms with Crippen LogP contribution in [0.5, 0.6) is 0 Å². The number of hydrogen-bond donors (Lipinski definition) is 0. The number of pyridine rings is 1. The Bertz CT molecular complexity index is 319. The smallest absolute Gasteiger partial charge is 0.306 e. The second-order valence-corrected chi connectivity index (χ2v) is 4.40. The van der Waals surface area contributed by atoms with Crippen LogP contribution in [0.4, 0.5) is 0 Å². The van der Waals surface area contributed by atoms with E-state index in [1.54, 1.807) is 6.20 Å². The molecule has 0 bridgehead atoms. The normalized spacial score (nSPS) is 9.86. The molecule has 0 aliphatic carbocycles. The first-order valence-corrected chi connectivity index (χ1v) is 5.82. The summed E-state index contributed by atoms with van der Waals surface area (Å²) in [6.07, 6.45) is 2.13. The van der Waals surface area contributed by atoms with Gasteiger partial charge in [-0.05, 0) is 28.1 Å². The number of nitrogens with zero attached hydrogens (tertiary/aromatic N) is 1. The number of hydrogen-bond acceptors (Lipinski definition) is 4. The highest BCUT2D eigenvalue weighted by Crippen LogP contribution is 2.24. The van der Waals surface area contributed by atoms with Crippen LogP contribution in [0, 0.1) is 0 Å². The highest BCUT2D eigenvalue weighted by atomic mass is 79.9. The summed E-state index contributed by atoms with van der Waals surface area (Å²) in [5.41, 5.74) is 0. The molecule has 1 rings (SSSR count). The van der Waals surface area contributed by atoms with Crippen molar-refractivity contribution in [1.29, 1.82) is 0 Å². The standard InChI is InChI=1S/C9H10BrNO2S/c1-13-8(12)4-6-14-9-7(10)3-2-5-11-9/h2-3,5H,4,6H2,1H3. The molecule has 0 aromatic carbocycles. The van der Waals surface area contributed by atoms with Crippen LogP contribution in [0.25, 0.3) is 0 Å². The minimum Gasteiger partial charge on any atom is -0.469 e. The molecule has 3 nitrogen and oxygen atoms in total. The number of carbonyl (C=O) groups is 1. The summed E-state index contributed by atoms with van der Waals surface area (Å²) in [5, 5.41) is 0.899. The van der Waals surface area contributed by atoms with Crippen molar-refractivity contribution in [2.24, 2.45) is 0 Å². The zero-order valence-electron chi connectivity index (χ0n) is 7.70. The minimum absolute atomic E-state index is 0.190. The van der Waals surface area contributed by atoms with Crippen molar-refractivity contribution < 1.29 is 9.53 Å². The number of thioether (sulfide) groups is 1. The SMILES string of the molecule is COC(=O)CCSc1ncccc1Br. The van der Waals surface area contributed by atoms with Crippen molar-refractivity contribution in [2.45, 2.75) is 11.4 Å². The van der Waals surface area contributed by atoms with Crippen LogP contribution in [0.3, 0.4) is 0 Å². The fraction of sp³-hybridized carbons (Fsp3) is 0.333. The van der Waals surface area contributed by atoms with Crippen molar-refractivity contribution >= 4 is 33.7 Å². The first-order chi connectivity index (χ1) is 6.74. The van der Waals surface area contributed by atoms with Gasteiger partial charge in [0.05, 0.1) is 13.5 Å². The van der Waals surface area contributed by atoms with Crippen LogP contribution in [0.2, 0.25) is 0 Å². The van der Waals surface area contributed by atoms with Gasteiger partial charge in [0, 0.05) is 16.4 Å².